The zero-order chi connectivity index (χ0) is 11.3. The van der Waals surface area contributed by atoms with E-state index in [4.69, 9.17) is 15.9 Å². The summed E-state index contributed by atoms with van der Waals surface area (Å²) in [5, 5.41) is 19.8. The molecule has 3 atom stereocenters. The van der Waals surface area contributed by atoms with Crippen LogP contribution in [0.3, 0.4) is 0 Å². The number of hydrogen-bond donors (Lipinski definition) is 4. The van der Waals surface area contributed by atoms with Gasteiger partial charge in [0.05, 0.1) is 12.1 Å². The summed E-state index contributed by atoms with van der Waals surface area (Å²) in [6.45, 7) is 3.00. The van der Waals surface area contributed by atoms with Crippen LogP contribution in [0.15, 0.2) is 0 Å². The van der Waals surface area contributed by atoms with E-state index in [2.05, 4.69) is 5.32 Å². The molecule has 14 heavy (non-hydrogen) atoms. The van der Waals surface area contributed by atoms with Gasteiger partial charge < -0.3 is 21.3 Å². The summed E-state index contributed by atoms with van der Waals surface area (Å²) in [4.78, 5) is 21.8. The standard InChI is InChI=1S/C8H16N2O4/c1-3-5(9)7(12)10-6(4(2)11)8(13)14/h4-6,11H,3,9H2,1-2H3,(H,10,12)(H,13,14)/t4?,5-,6?/m0/s1. The van der Waals surface area contributed by atoms with Crippen LogP contribution in [0.5, 0.6) is 0 Å². The number of aliphatic hydroxyl groups is 1. The zero-order valence-corrected chi connectivity index (χ0v) is 8.23. The highest BCUT2D eigenvalue weighted by molar-refractivity contribution is 5.87. The van der Waals surface area contributed by atoms with E-state index in [0.29, 0.717) is 6.42 Å². The maximum Gasteiger partial charge on any atom is 0.328 e. The lowest BCUT2D eigenvalue weighted by atomic mass is 10.1. The molecule has 6 heteroatoms. The van der Waals surface area contributed by atoms with Gasteiger partial charge in [-0.15, -0.1) is 0 Å². The topological polar surface area (TPSA) is 113 Å². The molecule has 0 aliphatic rings. The van der Waals surface area contributed by atoms with Crippen molar-refractivity contribution >= 4 is 11.9 Å². The van der Waals surface area contributed by atoms with Gasteiger partial charge in [-0.05, 0) is 13.3 Å². The minimum absolute atomic E-state index is 0.415. The van der Waals surface area contributed by atoms with Crippen molar-refractivity contribution < 1.29 is 19.8 Å². The van der Waals surface area contributed by atoms with Crippen molar-refractivity contribution in [3.63, 3.8) is 0 Å². The second kappa shape index (κ2) is 5.56. The third kappa shape index (κ3) is 3.71. The quantitative estimate of drug-likeness (QED) is 0.443. The fourth-order valence-corrected chi connectivity index (χ4v) is 0.834. The van der Waals surface area contributed by atoms with Gasteiger partial charge in [-0.1, -0.05) is 6.92 Å². The minimum atomic E-state index is -1.31. The molecule has 0 rings (SSSR count). The monoisotopic (exact) mass is 204 g/mol. The number of aliphatic hydroxyl groups excluding tert-OH is 1. The number of carbonyl (C=O) groups is 2. The average molecular weight is 204 g/mol. The molecule has 0 heterocycles. The molecule has 0 fully saturated rings. The van der Waals surface area contributed by atoms with Crippen LogP contribution in [0, 0.1) is 0 Å². The number of hydrogen-bond acceptors (Lipinski definition) is 4. The van der Waals surface area contributed by atoms with Gasteiger partial charge in [0.1, 0.15) is 0 Å². The first-order valence-electron chi connectivity index (χ1n) is 4.37. The Hall–Kier alpha value is -1.14. The van der Waals surface area contributed by atoms with E-state index in [0.717, 1.165) is 0 Å². The van der Waals surface area contributed by atoms with Gasteiger partial charge in [0.2, 0.25) is 5.91 Å². The van der Waals surface area contributed by atoms with Gasteiger partial charge in [-0.25, -0.2) is 4.79 Å². The molecular weight excluding hydrogens is 188 g/mol. The molecule has 0 aromatic carbocycles. The Morgan fingerprint density at radius 1 is 1.50 bits per heavy atom. The summed E-state index contributed by atoms with van der Waals surface area (Å²) in [5.74, 6) is -1.85. The molecule has 6 nitrogen and oxygen atoms in total. The van der Waals surface area contributed by atoms with Gasteiger partial charge in [0.15, 0.2) is 6.04 Å². The van der Waals surface area contributed by atoms with Crippen molar-refractivity contribution in [2.24, 2.45) is 5.73 Å². The van der Waals surface area contributed by atoms with Gasteiger partial charge in [0.25, 0.3) is 0 Å². The highest BCUT2D eigenvalue weighted by atomic mass is 16.4. The Bertz CT molecular complexity index is 217. The smallest absolute Gasteiger partial charge is 0.328 e. The van der Waals surface area contributed by atoms with Gasteiger partial charge in [0, 0.05) is 0 Å². The van der Waals surface area contributed by atoms with Crippen LogP contribution in [0.4, 0.5) is 0 Å². The first-order valence-corrected chi connectivity index (χ1v) is 4.37. The number of aliphatic carboxylic acids is 1. The number of amides is 1. The summed E-state index contributed by atoms with van der Waals surface area (Å²) in [5.41, 5.74) is 5.38. The van der Waals surface area contributed by atoms with Gasteiger partial charge >= 0.3 is 5.97 Å². The number of nitrogens with two attached hydrogens (primary N) is 1. The Morgan fingerprint density at radius 3 is 2.29 bits per heavy atom. The van der Waals surface area contributed by atoms with E-state index in [1.165, 1.54) is 6.92 Å². The number of carboxylic acids is 1. The molecule has 0 aromatic heterocycles. The molecule has 0 aliphatic carbocycles. The summed E-state index contributed by atoms with van der Waals surface area (Å²) in [7, 11) is 0. The molecule has 0 bridgehead atoms. The molecule has 0 saturated carbocycles. The molecule has 0 aromatic rings. The second-order valence-electron chi connectivity index (χ2n) is 3.08. The second-order valence-corrected chi connectivity index (χ2v) is 3.08. The van der Waals surface area contributed by atoms with Crippen LogP contribution in [-0.2, 0) is 9.59 Å². The third-order valence-electron chi connectivity index (χ3n) is 1.82. The Morgan fingerprint density at radius 2 is 2.00 bits per heavy atom. The van der Waals surface area contributed by atoms with Crippen molar-refractivity contribution in [3.05, 3.63) is 0 Å². The number of nitrogens with one attached hydrogen (secondary N) is 1. The average Bonchev–Trinajstić information content (AvgIpc) is 2.11. The van der Waals surface area contributed by atoms with Gasteiger partial charge in [-0.2, -0.15) is 0 Å². The van der Waals surface area contributed by atoms with Crippen molar-refractivity contribution in [2.45, 2.75) is 38.5 Å². The molecule has 0 saturated heterocycles. The lowest BCUT2D eigenvalue weighted by Crippen LogP contribution is -2.52. The predicted octanol–water partition coefficient (Wildman–Crippen LogP) is -1.33. The Labute approximate surface area is 82.1 Å². The fraction of sp³-hybridized carbons (Fsp3) is 0.750. The summed E-state index contributed by atoms with van der Waals surface area (Å²) in [6, 6.07) is -2.05. The summed E-state index contributed by atoms with van der Waals surface area (Å²) < 4.78 is 0. The third-order valence-corrected chi connectivity index (χ3v) is 1.82. The first kappa shape index (κ1) is 12.9. The maximum atomic E-state index is 11.2. The van der Waals surface area contributed by atoms with E-state index in [1.54, 1.807) is 6.92 Å². The molecule has 0 radical (unpaired) electrons. The highest BCUT2D eigenvalue weighted by Gasteiger charge is 2.26. The highest BCUT2D eigenvalue weighted by Crippen LogP contribution is 1.95. The largest absolute Gasteiger partial charge is 0.480 e. The zero-order valence-electron chi connectivity index (χ0n) is 8.23. The molecule has 5 N–H and O–H groups in total. The van der Waals surface area contributed by atoms with E-state index in [9.17, 15) is 9.59 Å². The van der Waals surface area contributed by atoms with E-state index in [1.807, 2.05) is 0 Å². The van der Waals surface area contributed by atoms with Crippen LogP contribution in [0.2, 0.25) is 0 Å². The number of carbonyl (C=O) groups excluding carboxylic acids is 1. The molecule has 82 valence electrons. The Balaban J connectivity index is 4.31. The Kier molecular flexibility index (Phi) is 5.11. The normalized spacial score (nSPS) is 16.9. The summed E-state index contributed by atoms with van der Waals surface area (Å²) in [6.07, 6.45) is -0.738. The van der Waals surface area contributed by atoms with Crippen LogP contribution in [0.25, 0.3) is 0 Å². The molecular formula is C8H16N2O4. The van der Waals surface area contributed by atoms with Crippen molar-refractivity contribution in [1.29, 1.82) is 0 Å². The molecule has 0 spiro atoms. The predicted molar refractivity (Wildman–Crippen MR) is 49.5 cm³/mol. The number of rotatable bonds is 5. The number of carboxylic acid groups (broad SMARTS) is 1. The van der Waals surface area contributed by atoms with E-state index in [-0.39, 0.29) is 0 Å². The minimum Gasteiger partial charge on any atom is -0.480 e. The van der Waals surface area contributed by atoms with Crippen LogP contribution >= 0.6 is 0 Å². The van der Waals surface area contributed by atoms with Crippen molar-refractivity contribution in [2.75, 3.05) is 0 Å². The van der Waals surface area contributed by atoms with E-state index < -0.39 is 30.1 Å². The molecule has 2 unspecified atom stereocenters. The SMILES string of the molecule is CC[C@H](N)C(=O)NC(C(=O)O)C(C)O. The van der Waals surface area contributed by atoms with Crippen molar-refractivity contribution in [1.82, 2.24) is 5.32 Å². The van der Waals surface area contributed by atoms with Crippen molar-refractivity contribution in [3.8, 4) is 0 Å². The van der Waals surface area contributed by atoms with E-state index >= 15 is 0 Å². The maximum absolute atomic E-state index is 11.2. The van der Waals surface area contributed by atoms with Crippen LogP contribution < -0.4 is 11.1 Å². The van der Waals surface area contributed by atoms with Gasteiger partial charge in [-0.3, -0.25) is 4.79 Å². The summed E-state index contributed by atoms with van der Waals surface area (Å²) >= 11 is 0. The lowest BCUT2D eigenvalue weighted by Gasteiger charge is -2.18. The molecule has 0 aliphatic heterocycles. The van der Waals surface area contributed by atoms with Crippen LogP contribution in [0.1, 0.15) is 20.3 Å². The van der Waals surface area contributed by atoms with Crippen LogP contribution in [-0.4, -0.2) is 40.3 Å². The molecule has 1 amide bonds. The lowest BCUT2D eigenvalue weighted by molar-refractivity contribution is -0.145. The first-order chi connectivity index (χ1) is 6.40. The fourth-order valence-electron chi connectivity index (χ4n) is 0.834.